The number of aryl methyl sites for hydroxylation is 1. The molecule has 0 aliphatic heterocycles. The molecule has 0 saturated carbocycles. The number of nitrogens with zero attached hydrogens (tertiary/aromatic N) is 3. The lowest BCUT2D eigenvalue weighted by Gasteiger charge is -2.10. The summed E-state index contributed by atoms with van der Waals surface area (Å²) < 4.78 is 7.37. The first-order valence-corrected chi connectivity index (χ1v) is 10.3. The highest BCUT2D eigenvalue weighted by atomic mass is 35.5. The molecule has 0 saturated heterocycles. The number of benzene rings is 2. The van der Waals surface area contributed by atoms with Crippen molar-refractivity contribution < 1.29 is 9.53 Å². The third-order valence-electron chi connectivity index (χ3n) is 4.03. The van der Waals surface area contributed by atoms with Gasteiger partial charge in [-0.05, 0) is 55.5 Å². The summed E-state index contributed by atoms with van der Waals surface area (Å²) in [6.07, 6.45) is 1.65. The minimum Gasteiger partial charge on any atom is -0.483 e. The number of nitrogens with one attached hydrogen (secondary N) is 1. The lowest BCUT2D eigenvalue weighted by atomic mass is 10.2. The van der Waals surface area contributed by atoms with Gasteiger partial charge in [-0.1, -0.05) is 34.5 Å². The van der Waals surface area contributed by atoms with Gasteiger partial charge < -0.3 is 10.1 Å². The Morgan fingerprint density at radius 2 is 1.93 bits per heavy atom. The Morgan fingerprint density at radius 3 is 2.67 bits per heavy atom. The molecule has 30 heavy (non-hydrogen) atoms. The van der Waals surface area contributed by atoms with Crippen LogP contribution in [-0.2, 0) is 4.79 Å². The van der Waals surface area contributed by atoms with E-state index in [1.54, 1.807) is 55.5 Å². The number of fused-ring (bicyclic) bond motifs is 1. The minimum absolute atomic E-state index is 0.218. The molecule has 152 valence electrons. The number of anilines is 1. The Hall–Kier alpha value is -2.94. The monoisotopic (exact) mass is 460 g/mol. The van der Waals surface area contributed by atoms with Crippen molar-refractivity contribution in [1.82, 2.24) is 14.6 Å². The van der Waals surface area contributed by atoms with E-state index in [4.69, 9.17) is 27.9 Å². The molecule has 0 aliphatic rings. The van der Waals surface area contributed by atoms with Crippen LogP contribution in [0.3, 0.4) is 0 Å². The minimum atomic E-state index is -0.336. The van der Waals surface area contributed by atoms with Gasteiger partial charge in [0, 0.05) is 21.3 Å². The second-order valence-electron chi connectivity index (χ2n) is 6.30. The van der Waals surface area contributed by atoms with Gasteiger partial charge in [0.25, 0.3) is 11.5 Å². The number of thiazole rings is 1. The SMILES string of the molecule is Cc1nc2s/c(=C\c3cc(Cl)ccc3OCC(=O)Nc3ccc(Cl)cc3)c(=O)n2n1. The van der Waals surface area contributed by atoms with Crippen molar-refractivity contribution in [2.75, 3.05) is 11.9 Å². The summed E-state index contributed by atoms with van der Waals surface area (Å²) in [6.45, 7) is 1.50. The van der Waals surface area contributed by atoms with E-state index in [-0.39, 0.29) is 18.1 Å². The summed E-state index contributed by atoms with van der Waals surface area (Å²) in [5, 5.41) is 7.86. The van der Waals surface area contributed by atoms with E-state index in [9.17, 15) is 9.59 Å². The number of rotatable bonds is 5. The lowest BCUT2D eigenvalue weighted by Crippen LogP contribution is -2.24. The zero-order valence-corrected chi connectivity index (χ0v) is 17.9. The summed E-state index contributed by atoms with van der Waals surface area (Å²) in [7, 11) is 0. The molecular weight excluding hydrogens is 447 g/mol. The van der Waals surface area contributed by atoms with E-state index in [0.29, 0.717) is 42.4 Å². The average Bonchev–Trinajstić information content (AvgIpc) is 3.20. The molecule has 0 atom stereocenters. The molecule has 7 nitrogen and oxygen atoms in total. The first-order valence-electron chi connectivity index (χ1n) is 8.75. The summed E-state index contributed by atoms with van der Waals surface area (Å²) in [5.74, 6) is 0.612. The Kier molecular flexibility index (Phi) is 5.72. The normalized spacial score (nSPS) is 11.8. The molecule has 4 rings (SSSR count). The quantitative estimate of drug-likeness (QED) is 0.493. The van der Waals surface area contributed by atoms with E-state index in [2.05, 4.69) is 15.4 Å². The maximum absolute atomic E-state index is 12.5. The predicted octanol–water partition coefficient (Wildman–Crippen LogP) is 3.33. The number of halogens is 2. The van der Waals surface area contributed by atoms with E-state index >= 15 is 0 Å². The topological polar surface area (TPSA) is 85.6 Å². The number of carbonyl (C=O) groups is 1. The fourth-order valence-corrected chi connectivity index (χ4v) is 3.96. The van der Waals surface area contributed by atoms with Crippen molar-refractivity contribution in [2.45, 2.75) is 6.92 Å². The first-order chi connectivity index (χ1) is 14.4. The molecule has 10 heteroatoms. The molecule has 4 aromatic rings. The molecule has 0 fully saturated rings. The highest BCUT2D eigenvalue weighted by Gasteiger charge is 2.11. The van der Waals surface area contributed by atoms with Crippen LogP contribution < -0.4 is 20.1 Å². The molecule has 0 spiro atoms. The number of hydrogen-bond donors (Lipinski definition) is 1. The van der Waals surface area contributed by atoms with Crippen LogP contribution in [0, 0.1) is 6.92 Å². The number of hydrogen-bond acceptors (Lipinski definition) is 6. The Balaban J connectivity index is 1.56. The molecule has 0 radical (unpaired) electrons. The van der Waals surface area contributed by atoms with Gasteiger partial charge in [-0.15, -0.1) is 5.10 Å². The largest absolute Gasteiger partial charge is 0.483 e. The molecule has 0 unspecified atom stereocenters. The lowest BCUT2D eigenvalue weighted by molar-refractivity contribution is -0.118. The number of amides is 1. The average molecular weight is 461 g/mol. The van der Waals surface area contributed by atoms with E-state index in [1.165, 1.54) is 15.9 Å². The number of ether oxygens (including phenoxy) is 1. The van der Waals surface area contributed by atoms with Crippen molar-refractivity contribution in [3.05, 3.63) is 78.8 Å². The maximum atomic E-state index is 12.5. The van der Waals surface area contributed by atoms with Crippen LogP contribution in [0.2, 0.25) is 10.0 Å². The smallest absolute Gasteiger partial charge is 0.291 e. The summed E-state index contributed by atoms with van der Waals surface area (Å²) in [6, 6.07) is 11.7. The van der Waals surface area contributed by atoms with E-state index in [1.807, 2.05) is 0 Å². The molecule has 2 aromatic heterocycles. The third-order valence-corrected chi connectivity index (χ3v) is 5.48. The van der Waals surface area contributed by atoms with Crippen molar-refractivity contribution in [3.8, 4) is 5.75 Å². The molecule has 1 N–H and O–H groups in total. The van der Waals surface area contributed by atoms with Gasteiger partial charge in [-0.3, -0.25) is 9.59 Å². The van der Waals surface area contributed by atoms with Gasteiger partial charge in [0.2, 0.25) is 4.96 Å². The van der Waals surface area contributed by atoms with Gasteiger partial charge in [0.05, 0.1) is 4.53 Å². The second-order valence-corrected chi connectivity index (χ2v) is 8.18. The van der Waals surface area contributed by atoms with Crippen molar-refractivity contribution in [1.29, 1.82) is 0 Å². The van der Waals surface area contributed by atoms with Gasteiger partial charge in [-0.25, -0.2) is 4.98 Å². The standard InChI is InChI=1S/C20H14Cl2N4O3S/c1-11-23-20-26(25-11)19(28)17(30-20)9-12-8-14(22)4-7-16(12)29-10-18(27)24-15-5-2-13(21)3-6-15/h2-9H,10H2,1H3,(H,24,27)/b17-9-. The third kappa shape index (κ3) is 4.46. The summed E-state index contributed by atoms with van der Waals surface area (Å²) in [5.41, 5.74) is 0.902. The number of carbonyl (C=O) groups excluding carboxylic acids is 1. The fourth-order valence-electron chi connectivity index (χ4n) is 2.71. The molecular formula is C20H14Cl2N4O3S. The highest BCUT2D eigenvalue weighted by Crippen LogP contribution is 2.24. The maximum Gasteiger partial charge on any atom is 0.291 e. The highest BCUT2D eigenvalue weighted by molar-refractivity contribution is 7.15. The Bertz CT molecular complexity index is 1350. The summed E-state index contributed by atoms with van der Waals surface area (Å²) >= 11 is 13.2. The molecule has 2 heterocycles. The van der Waals surface area contributed by atoms with Crippen LogP contribution in [0.5, 0.6) is 5.75 Å². The first kappa shape index (κ1) is 20.3. The zero-order chi connectivity index (χ0) is 21.3. The zero-order valence-electron chi connectivity index (χ0n) is 15.6. The van der Waals surface area contributed by atoms with Crippen LogP contribution in [0.1, 0.15) is 11.4 Å². The van der Waals surface area contributed by atoms with E-state index < -0.39 is 0 Å². The van der Waals surface area contributed by atoms with Crippen LogP contribution in [0.25, 0.3) is 11.0 Å². The molecule has 1 amide bonds. The van der Waals surface area contributed by atoms with Gasteiger partial charge in [-0.2, -0.15) is 4.52 Å². The van der Waals surface area contributed by atoms with Crippen LogP contribution >= 0.6 is 34.5 Å². The Morgan fingerprint density at radius 1 is 1.20 bits per heavy atom. The van der Waals surface area contributed by atoms with Crippen molar-refractivity contribution >= 4 is 57.2 Å². The van der Waals surface area contributed by atoms with Gasteiger partial charge in [0.15, 0.2) is 6.61 Å². The Labute approximate surface area is 184 Å². The predicted molar refractivity (Wildman–Crippen MR) is 118 cm³/mol. The molecule has 2 aromatic carbocycles. The van der Waals surface area contributed by atoms with Crippen LogP contribution in [0.4, 0.5) is 5.69 Å². The second kappa shape index (κ2) is 8.43. The fraction of sp³-hybridized carbons (Fsp3) is 0.100. The molecule has 0 aliphatic carbocycles. The van der Waals surface area contributed by atoms with Gasteiger partial charge in [0.1, 0.15) is 11.6 Å². The van der Waals surface area contributed by atoms with Crippen molar-refractivity contribution in [3.63, 3.8) is 0 Å². The summed E-state index contributed by atoms with van der Waals surface area (Å²) in [4.78, 5) is 29.5. The van der Waals surface area contributed by atoms with Gasteiger partial charge >= 0.3 is 0 Å². The van der Waals surface area contributed by atoms with E-state index in [0.717, 1.165) is 0 Å². The molecule has 0 bridgehead atoms. The van der Waals surface area contributed by atoms with Crippen LogP contribution in [-0.4, -0.2) is 27.1 Å². The van der Waals surface area contributed by atoms with Crippen LogP contribution in [0.15, 0.2) is 47.3 Å². The number of aromatic nitrogens is 3. The van der Waals surface area contributed by atoms with Crippen molar-refractivity contribution in [2.24, 2.45) is 0 Å².